The van der Waals surface area contributed by atoms with Gasteiger partial charge in [-0.15, -0.1) is 11.6 Å². The number of nitrogens with zero attached hydrogens (tertiary/aromatic N) is 1. The Labute approximate surface area is 179 Å². The smallest absolute Gasteiger partial charge is 0.410 e. The van der Waals surface area contributed by atoms with Gasteiger partial charge in [0.15, 0.2) is 5.75 Å². The summed E-state index contributed by atoms with van der Waals surface area (Å²) in [7, 11) is 1.58. The number of ether oxygens (including phenoxy) is 2. The number of carbonyl (C=O) groups is 2. The van der Waals surface area contributed by atoms with Gasteiger partial charge < -0.3 is 14.8 Å². The summed E-state index contributed by atoms with van der Waals surface area (Å²) in [5.41, 5.74) is 2.10. The maximum atomic E-state index is 12.4. The molecule has 0 aromatic heterocycles. The van der Waals surface area contributed by atoms with Crippen LogP contribution in [0.1, 0.15) is 51.2 Å². The van der Waals surface area contributed by atoms with Crippen LogP contribution < -0.4 is 10.1 Å². The highest BCUT2D eigenvalue weighted by Crippen LogP contribution is 2.39. The van der Waals surface area contributed by atoms with Gasteiger partial charge in [0.25, 0.3) is 0 Å². The first-order valence-electron chi connectivity index (χ1n) is 8.88. The fourth-order valence-corrected chi connectivity index (χ4v) is 4.04. The van der Waals surface area contributed by atoms with Crippen molar-refractivity contribution in [1.82, 2.24) is 4.90 Å². The Morgan fingerprint density at radius 1 is 1.30 bits per heavy atom. The van der Waals surface area contributed by atoms with Crippen LogP contribution in [0.2, 0.25) is 0 Å². The van der Waals surface area contributed by atoms with E-state index in [1.807, 2.05) is 26.8 Å². The predicted molar refractivity (Wildman–Crippen MR) is 114 cm³/mol. The van der Waals surface area contributed by atoms with E-state index in [1.54, 1.807) is 12.0 Å². The number of rotatable bonds is 6. The Bertz CT molecular complexity index is 719. The Morgan fingerprint density at radius 2 is 2.00 bits per heavy atom. The first-order valence-corrected chi connectivity index (χ1v) is 10.5. The van der Waals surface area contributed by atoms with Gasteiger partial charge in [0.05, 0.1) is 22.9 Å². The van der Waals surface area contributed by atoms with Crippen molar-refractivity contribution in [2.75, 3.05) is 18.3 Å². The summed E-state index contributed by atoms with van der Waals surface area (Å²) in [4.78, 5) is 26.2. The molecule has 8 heteroatoms. The Balaban J connectivity index is 2.18. The number of halogens is 2. The number of carbonyl (C=O) groups excluding carboxylic acids is 2. The maximum Gasteiger partial charge on any atom is 0.410 e. The SMILES string of the molecule is COc1c(NC(=O)CCCCCl)cc2c(c1I)CN(C(=O)OC(C)(C)C)C2. The molecule has 0 aliphatic carbocycles. The molecule has 0 spiro atoms. The molecule has 6 nitrogen and oxygen atoms in total. The molecule has 27 heavy (non-hydrogen) atoms. The van der Waals surface area contributed by atoms with Crippen LogP contribution in [-0.4, -0.2) is 35.5 Å². The molecule has 1 aliphatic rings. The Morgan fingerprint density at radius 3 is 2.59 bits per heavy atom. The molecular weight excluding hydrogens is 483 g/mol. The number of fused-ring (bicyclic) bond motifs is 1. The van der Waals surface area contributed by atoms with E-state index in [0.29, 0.717) is 36.8 Å². The lowest BCUT2D eigenvalue weighted by Crippen LogP contribution is -2.33. The molecule has 150 valence electrons. The van der Waals surface area contributed by atoms with Gasteiger partial charge in [-0.3, -0.25) is 9.69 Å². The van der Waals surface area contributed by atoms with E-state index in [0.717, 1.165) is 27.5 Å². The zero-order chi connectivity index (χ0) is 20.2. The average Bonchev–Trinajstić information content (AvgIpc) is 2.98. The second kappa shape index (κ2) is 9.32. The second-order valence-corrected chi connectivity index (χ2v) is 8.90. The summed E-state index contributed by atoms with van der Waals surface area (Å²) in [6, 6.07) is 1.89. The lowest BCUT2D eigenvalue weighted by atomic mass is 10.1. The first-order chi connectivity index (χ1) is 12.7. The van der Waals surface area contributed by atoms with Crippen LogP contribution in [0.3, 0.4) is 0 Å². The van der Waals surface area contributed by atoms with Crippen LogP contribution in [0, 0.1) is 3.57 Å². The molecule has 1 aromatic rings. The highest BCUT2D eigenvalue weighted by atomic mass is 127. The highest BCUT2D eigenvalue weighted by Gasteiger charge is 2.31. The summed E-state index contributed by atoms with van der Waals surface area (Å²) in [6.07, 6.45) is 1.61. The van der Waals surface area contributed by atoms with Gasteiger partial charge in [0.2, 0.25) is 5.91 Å². The van der Waals surface area contributed by atoms with E-state index >= 15 is 0 Å². The third-order valence-corrected chi connectivity index (χ3v) is 5.45. The van der Waals surface area contributed by atoms with Crippen molar-refractivity contribution in [2.45, 2.75) is 58.7 Å². The van der Waals surface area contributed by atoms with Crippen LogP contribution in [0.15, 0.2) is 6.07 Å². The molecule has 0 saturated carbocycles. The monoisotopic (exact) mass is 508 g/mol. The third kappa shape index (κ3) is 5.88. The molecule has 0 atom stereocenters. The highest BCUT2D eigenvalue weighted by molar-refractivity contribution is 14.1. The lowest BCUT2D eigenvalue weighted by molar-refractivity contribution is -0.116. The van der Waals surface area contributed by atoms with Crippen molar-refractivity contribution in [1.29, 1.82) is 0 Å². The van der Waals surface area contributed by atoms with Gasteiger partial charge in [-0.1, -0.05) is 0 Å². The molecule has 1 aliphatic heterocycles. The second-order valence-electron chi connectivity index (χ2n) is 7.44. The summed E-state index contributed by atoms with van der Waals surface area (Å²) in [5, 5.41) is 2.93. The molecule has 0 radical (unpaired) electrons. The summed E-state index contributed by atoms with van der Waals surface area (Å²) in [5.74, 6) is 1.09. The van der Waals surface area contributed by atoms with E-state index in [2.05, 4.69) is 27.9 Å². The minimum Gasteiger partial charge on any atom is -0.493 e. The normalized spacial score (nSPS) is 13.3. The van der Waals surface area contributed by atoms with Gasteiger partial charge in [-0.05, 0) is 73.4 Å². The number of anilines is 1. The number of alkyl halides is 1. The number of methoxy groups -OCH3 is 1. The number of amides is 2. The number of hydrogen-bond donors (Lipinski definition) is 1. The molecular formula is C19H26ClIN2O4. The summed E-state index contributed by atoms with van der Waals surface area (Å²) < 4.78 is 11.9. The standard InChI is InChI=1S/C19H26ClIN2O4/c1-19(2,3)27-18(25)23-10-12-9-14(22-15(24)7-5-6-8-20)17(26-4)16(21)13(12)11-23/h9H,5-8,10-11H2,1-4H3,(H,22,24). The molecule has 0 saturated heterocycles. The first kappa shape index (κ1) is 22.1. The number of hydrogen-bond acceptors (Lipinski definition) is 4. The van der Waals surface area contributed by atoms with Gasteiger partial charge >= 0.3 is 6.09 Å². The van der Waals surface area contributed by atoms with E-state index in [1.165, 1.54) is 0 Å². The minimum atomic E-state index is -0.543. The van der Waals surface area contributed by atoms with Gasteiger partial charge in [0, 0.05) is 18.8 Å². The van der Waals surface area contributed by atoms with Crippen LogP contribution in [0.5, 0.6) is 5.75 Å². The average molecular weight is 509 g/mol. The fraction of sp³-hybridized carbons (Fsp3) is 0.579. The van der Waals surface area contributed by atoms with E-state index in [-0.39, 0.29) is 12.0 Å². The van der Waals surface area contributed by atoms with Gasteiger partial charge in [-0.2, -0.15) is 0 Å². The van der Waals surface area contributed by atoms with Crippen LogP contribution >= 0.6 is 34.2 Å². The number of benzene rings is 1. The molecule has 2 rings (SSSR count). The number of unbranched alkanes of at least 4 members (excludes halogenated alkanes) is 1. The molecule has 0 bridgehead atoms. The van der Waals surface area contributed by atoms with Crippen molar-refractivity contribution in [3.8, 4) is 5.75 Å². The topological polar surface area (TPSA) is 67.9 Å². The van der Waals surface area contributed by atoms with E-state index < -0.39 is 5.60 Å². The molecule has 1 N–H and O–H groups in total. The molecule has 1 heterocycles. The predicted octanol–water partition coefficient (Wildman–Crippen LogP) is 4.90. The molecule has 2 amide bonds. The minimum absolute atomic E-state index is 0.0730. The van der Waals surface area contributed by atoms with Crippen molar-refractivity contribution < 1.29 is 19.1 Å². The quantitative estimate of drug-likeness (QED) is 0.337. The summed E-state index contributed by atoms with van der Waals surface area (Å²) >= 11 is 7.86. The Kier molecular flexibility index (Phi) is 7.62. The van der Waals surface area contributed by atoms with Crippen LogP contribution in [0.25, 0.3) is 0 Å². The van der Waals surface area contributed by atoms with Crippen molar-refractivity contribution >= 4 is 51.9 Å². The summed E-state index contributed by atoms with van der Waals surface area (Å²) in [6.45, 7) is 6.44. The maximum absolute atomic E-state index is 12.4. The van der Waals surface area contributed by atoms with E-state index in [9.17, 15) is 9.59 Å². The van der Waals surface area contributed by atoms with E-state index in [4.69, 9.17) is 21.1 Å². The third-order valence-electron chi connectivity index (χ3n) is 4.04. The molecule has 0 unspecified atom stereocenters. The van der Waals surface area contributed by atoms with Crippen molar-refractivity contribution in [2.24, 2.45) is 0 Å². The molecule has 1 aromatic carbocycles. The van der Waals surface area contributed by atoms with Gasteiger partial charge in [-0.25, -0.2) is 4.79 Å². The van der Waals surface area contributed by atoms with Crippen molar-refractivity contribution in [3.63, 3.8) is 0 Å². The van der Waals surface area contributed by atoms with Gasteiger partial charge in [0.1, 0.15) is 5.60 Å². The van der Waals surface area contributed by atoms with Crippen molar-refractivity contribution in [3.05, 3.63) is 20.8 Å². The lowest BCUT2D eigenvalue weighted by Gasteiger charge is -2.24. The molecule has 0 fully saturated rings. The largest absolute Gasteiger partial charge is 0.493 e. The zero-order valence-corrected chi connectivity index (χ0v) is 19.1. The van der Waals surface area contributed by atoms with Crippen LogP contribution in [0.4, 0.5) is 10.5 Å². The van der Waals surface area contributed by atoms with Crippen LogP contribution in [-0.2, 0) is 22.6 Å². The Hall–Kier alpha value is -1.22. The zero-order valence-electron chi connectivity index (χ0n) is 16.2. The number of nitrogens with one attached hydrogen (secondary N) is 1. The fourth-order valence-electron chi connectivity index (χ4n) is 2.83.